The molecule has 0 spiro atoms. The van der Waals surface area contributed by atoms with Crippen LogP contribution in [0.2, 0.25) is 0 Å². The van der Waals surface area contributed by atoms with E-state index in [1.54, 1.807) is 7.11 Å². The van der Waals surface area contributed by atoms with Gasteiger partial charge in [0.25, 0.3) is 0 Å². The molecule has 0 aliphatic heterocycles. The van der Waals surface area contributed by atoms with Crippen LogP contribution in [0.4, 0.5) is 5.69 Å². The van der Waals surface area contributed by atoms with Crippen molar-refractivity contribution in [1.82, 2.24) is 9.97 Å². The highest BCUT2D eigenvalue weighted by Gasteiger charge is 2.10. The number of methoxy groups -OCH3 is 1. The summed E-state index contributed by atoms with van der Waals surface area (Å²) >= 11 is 0. The molecule has 2 N–H and O–H groups in total. The standard InChI is InChI=1S/C25H25N3O2/c1-30-23-13-7-3-9-19(23)15-17-25(29)28-20-10-4-2-8-18(20)14-16-24-26-21-11-5-6-12-22(21)27-24/h2-13H,14-17H2,1H3,(H,26,27)(H,28,29). The normalized spacial score (nSPS) is 10.8. The molecule has 0 unspecified atom stereocenters. The largest absolute Gasteiger partial charge is 0.496 e. The van der Waals surface area contributed by atoms with Crippen LogP contribution in [0.1, 0.15) is 23.4 Å². The Bertz CT molecular complexity index is 1120. The van der Waals surface area contributed by atoms with Crippen LogP contribution in [0.5, 0.6) is 5.75 Å². The Morgan fingerprint density at radius 2 is 1.63 bits per heavy atom. The maximum absolute atomic E-state index is 12.6. The summed E-state index contributed by atoms with van der Waals surface area (Å²) in [5, 5.41) is 3.07. The second-order valence-electron chi connectivity index (χ2n) is 7.22. The number of carbonyl (C=O) groups excluding carboxylic acids is 1. The van der Waals surface area contributed by atoms with Gasteiger partial charge >= 0.3 is 0 Å². The van der Waals surface area contributed by atoms with E-state index in [9.17, 15) is 4.79 Å². The first-order valence-electron chi connectivity index (χ1n) is 10.2. The van der Waals surface area contributed by atoms with Crippen LogP contribution in [0, 0.1) is 0 Å². The van der Waals surface area contributed by atoms with Crippen LogP contribution >= 0.6 is 0 Å². The maximum Gasteiger partial charge on any atom is 0.224 e. The van der Waals surface area contributed by atoms with Gasteiger partial charge in [-0.15, -0.1) is 0 Å². The van der Waals surface area contributed by atoms with Crippen molar-refractivity contribution in [2.75, 3.05) is 12.4 Å². The predicted molar refractivity (Wildman–Crippen MR) is 120 cm³/mol. The fraction of sp³-hybridized carbons (Fsp3) is 0.200. The van der Waals surface area contributed by atoms with Crippen molar-refractivity contribution in [3.63, 3.8) is 0 Å². The molecule has 3 aromatic carbocycles. The molecule has 0 radical (unpaired) electrons. The number of anilines is 1. The highest BCUT2D eigenvalue weighted by Crippen LogP contribution is 2.21. The molecule has 0 saturated carbocycles. The molecule has 4 rings (SSSR count). The average molecular weight is 399 g/mol. The molecular weight excluding hydrogens is 374 g/mol. The number of aromatic amines is 1. The van der Waals surface area contributed by atoms with Crippen LogP contribution in [0.15, 0.2) is 72.8 Å². The van der Waals surface area contributed by atoms with Crippen LogP contribution in [0.3, 0.4) is 0 Å². The van der Waals surface area contributed by atoms with Crippen molar-refractivity contribution in [3.8, 4) is 5.75 Å². The zero-order valence-corrected chi connectivity index (χ0v) is 17.0. The Kier molecular flexibility index (Phi) is 6.09. The molecule has 5 nitrogen and oxygen atoms in total. The number of hydrogen-bond donors (Lipinski definition) is 2. The number of aryl methyl sites for hydroxylation is 3. The minimum absolute atomic E-state index is 0.00269. The first-order chi connectivity index (χ1) is 14.7. The quantitative estimate of drug-likeness (QED) is 0.442. The lowest BCUT2D eigenvalue weighted by atomic mass is 10.1. The molecule has 1 amide bonds. The molecular formula is C25H25N3O2. The van der Waals surface area contributed by atoms with Crippen molar-refractivity contribution in [2.45, 2.75) is 25.7 Å². The van der Waals surface area contributed by atoms with Gasteiger partial charge in [0.15, 0.2) is 0 Å². The fourth-order valence-corrected chi connectivity index (χ4v) is 3.61. The van der Waals surface area contributed by atoms with E-state index in [2.05, 4.69) is 21.4 Å². The summed E-state index contributed by atoms with van der Waals surface area (Å²) in [5.41, 5.74) is 5.02. The van der Waals surface area contributed by atoms with Crippen LogP contribution in [-0.2, 0) is 24.1 Å². The summed E-state index contributed by atoms with van der Waals surface area (Å²) < 4.78 is 5.37. The monoisotopic (exact) mass is 399 g/mol. The lowest BCUT2D eigenvalue weighted by molar-refractivity contribution is -0.116. The smallest absolute Gasteiger partial charge is 0.224 e. The predicted octanol–water partition coefficient (Wildman–Crippen LogP) is 4.93. The van der Waals surface area contributed by atoms with Gasteiger partial charge in [-0.3, -0.25) is 4.79 Å². The van der Waals surface area contributed by atoms with E-state index in [0.717, 1.165) is 52.3 Å². The van der Waals surface area contributed by atoms with Gasteiger partial charge in [0, 0.05) is 18.5 Å². The van der Waals surface area contributed by atoms with Gasteiger partial charge < -0.3 is 15.0 Å². The van der Waals surface area contributed by atoms with Crippen molar-refractivity contribution >= 4 is 22.6 Å². The number of hydrogen-bond acceptors (Lipinski definition) is 3. The third kappa shape index (κ3) is 4.69. The Hall–Kier alpha value is -3.60. The van der Waals surface area contributed by atoms with Gasteiger partial charge in [-0.1, -0.05) is 48.5 Å². The molecule has 152 valence electrons. The molecule has 1 heterocycles. The van der Waals surface area contributed by atoms with Gasteiger partial charge in [-0.05, 0) is 48.2 Å². The zero-order valence-electron chi connectivity index (χ0n) is 17.0. The molecule has 0 atom stereocenters. The number of carbonyl (C=O) groups is 1. The highest BCUT2D eigenvalue weighted by molar-refractivity contribution is 5.91. The van der Waals surface area contributed by atoms with Crippen LogP contribution < -0.4 is 10.1 Å². The highest BCUT2D eigenvalue weighted by atomic mass is 16.5. The van der Waals surface area contributed by atoms with E-state index in [1.807, 2.05) is 66.7 Å². The topological polar surface area (TPSA) is 67.0 Å². The Morgan fingerprint density at radius 3 is 2.47 bits per heavy atom. The van der Waals surface area contributed by atoms with Gasteiger partial charge in [-0.2, -0.15) is 0 Å². The Labute approximate surface area is 176 Å². The summed E-state index contributed by atoms with van der Waals surface area (Å²) in [5.74, 6) is 1.77. The van der Waals surface area contributed by atoms with Gasteiger partial charge in [0.2, 0.25) is 5.91 Å². The molecule has 0 bridgehead atoms. The number of nitrogens with one attached hydrogen (secondary N) is 2. The lowest BCUT2D eigenvalue weighted by Crippen LogP contribution is -2.14. The van der Waals surface area contributed by atoms with E-state index < -0.39 is 0 Å². The molecule has 0 fully saturated rings. The molecule has 1 aromatic heterocycles. The van der Waals surface area contributed by atoms with E-state index in [0.29, 0.717) is 12.8 Å². The number of aromatic nitrogens is 2. The van der Waals surface area contributed by atoms with Gasteiger partial charge in [-0.25, -0.2) is 4.98 Å². The van der Waals surface area contributed by atoms with Crippen LogP contribution in [-0.4, -0.2) is 23.0 Å². The van der Waals surface area contributed by atoms with Crippen molar-refractivity contribution in [3.05, 3.63) is 89.7 Å². The first kappa shape index (κ1) is 19.7. The minimum Gasteiger partial charge on any atom is -0.496 e. The SMILES string of the molecule is COc1ccccc1CCC(=O)Nc1ccccc1CCc1nc2ccccc2[nH]1. The number of fused-ring (bicyclic) bond motifs is 1. The Balaban J connectivity index is 1.38. The third-order valence-corrected chi connectivity index (χ3v) is 5.17. The molecule has 5 heteroatoms. The van der Waals surface area contributed by atoms with Gasteiger partial charge in [0.05, 0.1) is 18.1 Å². The van der Waals surface area contributed by atoms with E-state index in [-0.39, 0.29) is 5.91 Å². The van der Waals surface area contributed by atoms with Gasteiger partial charge in [0.1, 0.15) is 11.6 Å². The summed E-state index contributed by atoms with van der Waals surface area (Å²) in [6.07, 6.45) is 2.61. The lowest BCUT2D eigenvalue weighted by Gasteiger charge is -2.12. The molecule has 0 saturated heterocycles. The summed E-state index contributed by atoms with van der Waals surface area (Å²) in [7, 11) is 1.65. The summed E-state index contributed by atoms with van der Waals surface area (Å²) in [4.78, 5) is 20.6. The minimum atomic E-state index is -0.00269. The Morgan fingerprint density at radius 1 is 0.900 bits per heavy atom. The van der Waals surface area contributed by atoms with E-state index >= 15 is 0 Å². The second kappa shape index (κ2) is 9.27. The van der Waals surface area contributed by atoms with E-state index in [1.165, 1.54) is 0 Å². The number of rotatable bonds is 8. The number of H-pyrrole nitrogens is 1. The summed E-state index contributed by atoms with van der Waals surface area (Å²) in [6.45, 7) is 0. The number of ether oxygens (including phenoxy) is 1. The molecule has 4 aromatic rings. The van der Waals surface area contributed by atoms with Crippen molar-refractivity contribution in [1.29, 1.82) is 0 Å². The third-order valence-electron chi connectivity index (χ3n) is 5.17. The average Bonchev–Trinajstić information content (AvgIpc) is 3.20. The molecule has 0 aliphatic carbocycles. The number of imidazole rings is 1. The van der Waals surface area contributed by atoms with Crippen molar-refractivity contribution < 1.29 is 9.53 Å². The number of para-hydroxylation sites is 4. The number of benzene rings is 3. The second-order valence-corrected chi connectivity index (χ2v) is 7.22. The zero-order chi connectivity index (χ0) is 20.8. The molecule has 0 aliphatic rings. The summed E-state index contributed by atoms with van der Waals surface area (Å²) in [6, 6.07) is 23.8. The maximum atomic E-state index is 12.6. The van der Waals surface area contributed by atoms with Crippen molar-refractivity contribution in [2.24, 2.45) is 0 Å². The van der Waals surface area contributed by atoms with E-state index in [4.69, 9.17) is 4.74 Å². The first-order valence-corrected chi connectivity index (χ1v) is 10.2. The number of nitrogens with zero attached hydrogens (tertiary/aromatic N) is 1. The fourth-order valence-electron chi connectivity index (χ4n) is 3.61. The molecule has 30 heavy (non-hydrogen) atoms. The van der Waals surface area contributed by atoms with Crippen LogP contribution in [0.25, 0.3) is 11.0 Å². The number of amides is 1.